The second-order valence-corrected chi connectivity index (χ2v) is 9.11. The molecule has 0 spiro atoms. The number of esters is 3. The highest BCUT2D eigenvalue weighted by Crippen LogP contribution is 2.43. The van der Waals surface area contributed by atoms with Crippen LogP contribution >= 0.6 is 0 Å². The van der Waals surface area contributed by atoms with Gasteiger partial charge in [-0.3, -0.25) is 0 Å². The van der Waals surface area contributed by atoms with Crippen LogP contribution in [0.5, 0.6) is 17.2 Å². The first-order chi connectivity index (χ1) is 19.1. The van der Waals surface area contributed by atoms with E-state index in [9.17, 15) is 29.7 Å². The molecular formula is C31H36O9. The van der Waals surface area contributed by atoms with Gasteiger partial charge in [-0.25, -0.2) is 14.4 Å². The maximum atomic E-state index is 12.6. The van der Waals surface area contributed by atoms with Gasteiger partial charge in [0.1, 0.15) is 17.2 Å². The molecule has 0 unspecified atom stereocenters. The standard InChI is InChI=1S/C31H36O9/c1-5-6-7-8-9-10-23-11-13-24(14-12-23)28-26(39-30(36)21(3)18-33)15-25(38-29(35)20(2)17-32)16-27(28)40-31(37)22(4)19-34/h11-16,32-34H,2-10,17-19H2,1H3. The summed E-state index contributed by atoms with van der Waals surface area (Å²) in [6.45, 7) is 10.5. The van der Waals surface area contributed by atoms with Gasteiger partial charge in [-0.1, -0.05) is 76.6 Å². The number of benzene rings is 2. The van der Waals surface area contributed by atoms with Gasteiger partial charge in [-0.2, -0.15) is 0 Å². The Labute approximate surface area is 234 Å². The lowest BCUT2D eigenvalue weighted by Crippen LogP contribution is -2.17. The van der Waals surface area contributed by atoms with E-state index in [2.05, 4.69) is 26.7 Å². The SMILES string of the molecule is C=C(CO)C(=O)Oc1cc(OC(=O)C(=C)CO)c(-c2ccc(CCCCCCC)cc2)c(OC(=O)C(=C)CO)c1. The van der Waals surface area contributed by atoms with E-state index in [0.29, 0.717) is 5.56 Å². The number of aliphatic hydroxyl groups excluding tert-OH is 3. The summed E-state index contributed by atoms with van der Waals surface area (Å²) in [4.78, 5) is 37.4. The van der Waals surface area contributed by atoms with E-state index < -0.39 is 37.7 Å². The summed E-state index contributed by atoms with van der Waals surface area (Å²) in [6.07, 6.45) is 6.59. The molecular weight excluding hydrogens is 516 g/mol. The first-order valence-electron chi connectivity index (χ1n) is 12.9. The quantitative estimate of drug-likeness (QED) is 0.121. The van der Waals surface area contributed by atoms with Crippen molar-refractivity contribution in [2.24, 2.45) is 0 Å². The number of carbonyl (C=O) groups is 3. The Bertz CT molecular complexity index is 1190. The Morgan fingerprint density at radius 1 is 0.675 bits per heavy atom. The molecule has 2 rings (SSSR count). The molecule has 214 valence electrons. The third-order valence-electron chi connectivity index (χ3n) is 5.91. The van der Waals surface area contributed by atoms with Crippen LogP contribution in [-0.2, 0) is 20.8 Å². The number of hydrogen-bond acceptors (Lipinski definition) is 9. The van der Waals surface area contributed by atoms with Gasteiger partial charge < -0.3 is 29.5 Å². The van der Waals surface area contributed by atoms with Crippen LogP contribution in [0.4, 0.5) is 0 Å². The van der Waals surface area contributed by atoms with Crippen LogP contribution in [-0.4, -0.2) is 53.0 Å². The summed E-state index contributed by atoms with van der Waals surface area (Å²) in [5, 5.41) is 27.9. The number of aryl methyl sites for hydroxylation is 1. The van der Waals surface area contributed by atoms with Gasteiger partial charge in [0.25, 0.3) is 0 Å². The maximum absolute atomic E-state index is 12.6. The second kappa shape index (κ2) is 16.1. The van der Waals surface area contributed by atoms with Crippen LogP contribution in [0.2, 0.25) is 0 Å². The fraction of sp³-hybridized carbons (Fsp3) is 0.323. The fourth-order valence-corrected chi connectivity index (χ4v) is 3.56. The highest BCUT2D eigenvalue weighted by molar-refractivity contribution is 5.95. The van der Waals surface area contributed by atoms with Gasteiger partial charge in [0.2, 0.25) is 0 Å². The van der Waals surface area contributed by atoms with Gasteiger partial charge in [0.05, 0.1) is 42.1 Å². The summed E-state index contributed by atoms with van der Waals surface area (Å²) >= 11 is 0. The zero-order chi connectivity index (χ0) is 29.7. The molecule has 0 saturated carbocycles. The third kappa shape index (κ3) is 9.30. The van der Waals surface area contributed by atoms with Crippen molar-refractivity contribution in [3.63, 3.8) is 0 Å². The Hall–Kier alpha value is -4.05. The predicted octanol–water partition coefficient (Wildman–Crippen LogP) is 4.23. The van der Waals surface area contributed by atoms with Crippen molar-refractivity contribution >= 4 is 17.9 Å². The first kappa shape index (κ1) is 32.2. The lowest BCUT2D eigenvalue weighted by molar-refractivity contribution is -0.131. The molecule has 0 saturated heterocycles. The number of aliphatic hydroxyl groups is 3. The largest absolute Gasteiger partial charge is 0.423 e. The summed E-state index contributed by atoms with van der Waals surface area (Å²) in [5.74, 6) is -3.41. The lowest BCUT2D eigenvalue weighted by atomic mass is 9.99. The predicted molar refractivity (Wildman–Crippen MR) is 150 cm³/mol. The average molecular weight is 553 g/mol. The van der Waals surface area contributed by atoms with E-state index >= 15 is 0 Å². The number of hydrogen-bond donors (Lipinski definition) is 3. The molecule has 3 N–H and O–H groups in total. The van der Waals surface area contributed by atoms with Gasteiger partial charge in [-0.15, -0.1) is 0 Å². The van der Waals surface area contributed by atoms with E-state index in [-0.39, 0.29) is 39.5 Å². The van der Waals surface area contributed by atoms with E-state index in [1.165, 1.54) is 31.4 Å². The van der Waals surface area contributed by atoms with Crippen LogP contribution in [0.3, 0.4) is 0 Å². The van der Waals surface area contributed by atoms with Crippen molar-refractivity contribution in [1.29, 1.82) is 0 Å². The number of carbonyl (C=O) groups excluding carboxylic acids is 3. The summed E-state index contributed by atoms with van der Waals surface area (Å²) in [7, 11) is 0. The van der Waals surface area contributed by atoms with E-state index in [0.717, 1.165) is 24.8 Å². The minimum Gasteiger partial charge on any atom is -0.423 e. The molecule has 0 bridgehead atoms. The fourth-order valence-electron chi connectivity index (χ4n) is 3.56. The highest BCUT2D eigenvalue weighted by Gasteiger charge is 2.23. The van der Waals surface area contributed by atoms with E-state index in [4.69, 9.17) is 14.2 Å². The third-order valence-corrected chi connectivity index (χ3v) is 5.91. The first-order valence-corrected chi connectivity index (χ1v) is 12.9. The molecule has 9 nitrogen and oxygen atoms in total. The zero-order valence-corrected chi connectivity index (χ0v) is 22.7. The number of rotatable bonds is 16. The number of ether oxygens (including phenoxy) is 3. The van der Waals surface area contributed by atoms with Crippen LogP contribution in [0.1, 0.15) is 44.6 Å². The molecule has 0 aliphatic heterocycles. The van der Waals surface area contributed by atoms with Crippen LogP contribution < -0.4 is 14.2 Å². The molecule has 0 amide bonds. The molecule has 0 aromatic heterocycles. The second-order valence-electron chi connectivity index (χ2n) is 9.11. The lowest BCUT2D eigenvalue weighted by Gasteiger charge is -2.18. The monoisotopic (exact) mass is 552 g/mol. The summed E-state index contributed by atoms with van der Waals surface area (Å²) in [6, 6.07) is 9.80. The van der Waals surface area contributed by atoms with Crippen molar-refractivity contribution in [3.05, 3.63) is 78.4 Å². The Morgan fingerprint density at radius 2 is 1.12 bits per heavy atom. The molecule has 0 heterocycles. The summed E-state index contributed by atoms with van der Waals surface area (Å²) in [5.41, 5.74) is 1.03. The highest BCUT2D eigenvalue weighted by atomic mass is 16.6. The molecule has 2 aromatic carbocycles. The van der Waals surface area contributed by atoms with E-state index in [1.807, 2.05) is 12.1 Å². The zero-order valence-electron chi connectivity index (χ0n) is 22.7. The van der Waals surface area contributed by atoms with Crippen molar-refractivity contribution in [3.8, 4) is 28.4 Å². The van der Waals surface area contributed by atoms with Crippen molar-refractivity contribution < 1.29 is 43.9 Å². The molecule has 0 fully saturated rings. The normalized spacial score (nSPS) is 10.5. The Kier molecular flexibility index (Phi) is 13.0. The van der Waals surface area contributed by atoms with Crippen molar-refractivity contribution in [2.75, 3.05) is 19.8 Å². The van der Waals surface area contributed by atoms with Gasteiger partial charge >= 0.3 is 17.9 Å². The minimum absolute atomic E-state index is 0.161. The molecule has 0 radical (unpaired) electrons. The molecule has 0 aliphatic carbocycles. The smallest absolute Gasteiger partial charge is 0.341 e. The molecule has 40 heavy (non-hydrogen) atoms. The van der Waals surface area contributed by atoms with Gasteiger partial charge in [0.15, 0.2) is 0 Å². The van der Waals surface area contributed by atoms with Gasteiger partial charge in [-0.05, 0) is 24.0 Å². The average Bonchev–Trinajstić information content (AvgIpc) is 2.95. The van der Waals surface area contributed by atoms with Crippen LogP contribution in [0.15, 0.2) is 72.9 Å². The maximum Gasteiger partial charge on any atom is 0.341 e. The summed E-state index contributed by atoms with van der Waals surface area (Å²) < 4.78 is 16.2. The van der Waals surface area contributed by atoms with Crippen LogP contribution in [0.25, 0.3) is 11.1 Å². The topological polar surface area (TPSA) is 140 Å². The van der Waals surface area contributed by atoms with Gasteiger partial charge in [0, 0.05) is 12.1 Å². The van der Waals surface area contributed by atoms with Crippen LogP contribution in [0, 0.1) is 0 Å². The molecule has 9 heteroatoms. The minimum atomic E-state index is -0.965. The Balaban J connectivity index is 2.59. The molecule has 0 atom stereocenters. The van der Waals surface area contributed by atoms with Crippen molar-refractivity contribution in [1.82, 2.24) is 0 Å². The number of unbranched alkanes of at least 4 members (excludes halogenated alkanes) is 4. The Morgan fingerprint density at radius 3 is 1.57 bits per heavy atom. The van der Waals surface area contributed by atoms with E-state index in [1.54, 1.807) is 12.1 Å². The van der Waals surface area contributed by atoms with Crippen molar-refractivity contribution in [2.45, 2.75) is 45.4 Å². The molecule has 2 aromatic rings. The molecule has 0 aliphatic rings.